The molecule has 2 nitrogen and oxygen atoms in total. The summed E-state index contributed by atoms with van der Waals surface area (Å²) in [6.45, 7) is 8.87. The molecule has 3 rings (SSSR count). The highest BCUT2D eigenvalue weighted by atomic mass is 15.2. The van der Waals surface area contributed by atoms with Gasteiger partial charge in [-0.2, -0.15) is 0 Å². The number of nitrogens with zero attached hydrogens (tertiary/aromatic N) is 1. The SMILES string of the molecule is Cc1cc(C)c(C2C(CN)CCCCN2C2CC2)c(C)c1. The van der Waals surface area contributed by atoms with Crippen LogP contribution in [0.15, 0.2) is 12.1 Å². The molecule has 1 aromatic carbocycles. The fraction of sp³-hybridized carbons (Fsp3) is 0.684. The van der Waals surface area contributed by atoms with Crippen LogP contribution in [0.4, 0.5) is 0 Å². The van der Waals surface area contributed by atoms with Gasteiger partial charge in [-0.15, -0.1) is 0 Å². The minimum Gasteiger partial charge on any atom is -0.330 e. The van der Waals surface area contributed by atoms with Gasteiger partial charge in [-0.05, 0) is 82.2 Å². The van der Waals surface area contributed by atoms with Crippen LogP contribution >= 0.6 is 0 Å². The summed E-state index contributed by atoms with van der Waals surface area (Å²) in [7, 11) is 0. The van der Waals surface area contributed by atoms with Crippen LogP contribution in [0.5, 0.6) is 0 Å². The van der Waals surface area contributed by atoms with E-state index in [-0.39, 0.29) is 0 Å². The van der Waals surface area contributed by atoms with Crippen molar-refractivity contribution in [3.63, 3.8) is 0 Å². The topological polar surface area (TPSA) is 29.3 Å². The minimum absolute atomic E-state index is 0.547. The van der Waals surface area contributed by atoms with E-state index < -0.39 is 0 Å². The van der Waals surface area contributed by atoms with E-state index in [1.807, 2.05) is 0 Å². The smallest absolute Gasteiger partial charge is 0.0396 e. The summed E-state index contributed by atoms with van der Waals surface area (Å²) in [6.07, 6.45) is 6.74. The first kappa shape index (κ1) is 15.1. The molecule has 0 radical (unpaired) electrons. The summed E-state index contributed by atoms with van der Waals surface area (Å²) in [6, 6.07) is 6.07. The van der Waals surface area contributed by atoms with Crippen molar-refractivity contribution in [1.82, 2.24) is 4.90 Å². The lowest BCUT2D eigenvalue weighted by Crippen LogP contribution is -2.38. The van der Waals surface area contributed by atoms with Crippen LogP contribution in [0, 0.1) is 26.7 Å². The van der Waals surface area contributed by atoms with Crippen molar-refractivity contribution < 1.29 is 0 Å². The quantitative estimate of drug-likeness (QED) is 0.914. The van der Waals surface area contributed by atoms with Gasteiger partial charge in [0.05, 0.1) is 0 Å². The molecule has 2 fully saturated rings. The van der Waals surface area contributed by atoms with Gasteiger partial charge < -0.3 is 5.73 Å². The molecule has 1 saturated heterocycles. The van der Waals surface area contributed by atoms with Gasteiger partial charge in [0.2, 0.25) is 0 Å². The maximum atomic E-state index is 6.19. The molecule has 2 atom stereocenters. The van der Waals surface area contributed by atoms with Crippen molar-refractivity contribution in [1.29, 1.82) is 0 Å². The van der Waals surface area contributed by atoms with Crippen LogP contribution in [0.3, 0.4) is 0 Å². The van der Waals surface area contributed by atoms with Gasteiger partial charge in [0.15, 0.2) is 0 Å². The molecule has 1 aromatic rings. The first-order valence-corrected chi connectivity index (χ1v) is 8.65. The maximum absolute atomic E-state index is 6.19. The number of likely N-dealkylation sites (tertiary alicyclic amines) is 1. The van der Waals surface area contributed by atoms with Gasteiger partial charge in [0, 0.05) is 12.1 Å². The molecule has 116 valence electrons. The van der Waals surface area contributed by atoms with Crippen LogP contribution in [0.1, 0.15) is 60.4 Å². The highest BCUT2D eigenvalue weighted by Gasteiger charge is 2.39. The lowest BCUT2D eigenvalue weighted by Gasteiger charge is -2.37. The number of nitrogens with two attached hydrogens (primary N) is 1. The predicted octanol–water partition coefficient (Wildman–Crippen LogP) is 3.88. The van der Waals surface area contributed by atoms with E-state index in [4.69, 9.17) is 5.73 Å². The highest BCUT2D eigenvalue weighted by molar-refractivity contribution is 5.40. The maximum Gasteiger partial charge on any atom is 0.0396 e. The molecule has 0 amide bonds. The number of hydrogen-bond donors (Lipinski definition) is 1. The second kappa shape index (κ2) is 6.10. The van der Waals surface area contributed by atoms with E-state index in [1.165, 1.54) is 55.3 Å². The van der Waals surface area contributed by atoms with Gasteiger partial charge in [0.1, 0.15) is 0 Å². The zero-order valence-electron chi connectivity index (χ0n) is 13.9. The Morgan fingerprint density at radius 2 is 1.71 bits per heavy atom. The molecular weight excluding hydrogens is 256 g/mol. The standard InChI is InChI=1S/C19H30N2/c1-13-10-14(2)18(15(3)11-13)19-16(12-20)6-4-5-9-21(19)17-7-8-17/h10-11,16-17,19H,4-9,12,20H2,1-3H3. The Labute approximate surface area is 129 Å². The Bertz CT molecular complexity index is 481. The molecule has 0 spiro atoms. The van der Waals surface area contributed by atoms with E-state index in [0.29, 0.717) is 12.0 Å². The summed E-state index contributed by atoms with van der Waals surface area (Å²) >= 11 is 0. The van der Waals surface area contributed by atoms with Crippen LogP contribution in [-0.2, 0) is 0 Å². The average molecular weight is 286 g/mol. The molecule has 2 N–H and O–H groups in total. The van der Waals surface area contributed by atoms with Crippen molar-refractivity contribution >= 4 is 0 Å². The zero-order valence-corrected chi connectivity index (χ0v) is 13.9. The Morgan fingerprint density at radius 1 is 1.05 bits per heavy atom. The van der Waals surface area contributed by atoms with E-state index >= 15 is 0 Å². The fourth-order valence-electron chi connectivity index (χ4n) is 4.39. The van der Waals surface area contributed by atoms with Crippen molar-refractivity contribution in [3.05, 3.63) is 34.4 Å². The Morgan fingerprint density at radius 3 is 2.29 bits per heavy atom. The van der Waals surface area contributed by atoms with Crippen LogP contribution in [0.25, 0.3) is 0 Å². The second-order valence-electron chi connectivity index (χ2n) is 7.22. The first-order valence-electron chi connectivity index (χ1n) is 8.65. The van der Waals surface area contributed by atoms with Crippen molar-refractivity contribution in [2.75, 3.05) is 13.1 Å². The van der Waals surface area contributed by atoms with Gasteiger partial charge in [0.25, 0.3) is 0 Å². The highest BCUT2D eigenvalue weighted by Crippen LogP contribution is 2.43. The van der Waals surface area contributed by atoms with Crippen molar-refractivity contribution in [2.24, 2.45) is 11.7 Å². The molecule has 2 unspecified atom stereocenters. The summed E-state index contributed by atoms with van der Waals surface area (Å²) in [5, 5.41) is 0. The van der Waals surface area contributed by atoms with Gasteiger partial charge in [-0.25, -0.2) is 0 Å². The van der Waals surface area contributed by atoms with E-state index in [1.54, 1.807) is 5.56 Å². The van der Waals surface area contributed by atoms with Crippen molar-refractivity contribution in [3.8, 4) is 0 Å². The molecule has 1 saturated carbocycles. The van der Waals surface area contributed by atoms with E-state index in [2.05, 4.69) is 37.8 Å². The lowest BCUT2D eigenvalue weighted by molar-refractivity contribution is 0.148. The monoisotopic (exact) mass is 286 g/mol. The number of benzene rings is 1. The van der Waals surface area contributed by atoms with E-state index in [0.717, 1.165) is 12.6 Å². The zero-order chi connectivity index (χ0) is 15.0. The Hall–Kier alpha value is -0.860. The number of hydrogen-bond acceptors (Lipinski definition) is 2. The fourth-order valence-corrected chi connectivity index (χ4v) is 4.39. The summed E-state index contributed by atoms with van der Waals surface area (Å²) in [5.74, 6) is 0.619. The van der Waals surface area contributed by atoms with Crippen LogP contribution in [-0.4, -0.2) is 24.0 Å². The predicted molar refractivity (Wildman–Crippen MR) is 89.5 cm³/mol. The van der Waals surface area contributed by atoms with Gasteiger partial charge in [-0.3, -0.25) is 4.90 Å². The largest absolute Gasteiger partial charge is 0.330 e. The molecule has 0 aromatic heterocycles. The molecule has 2 aliphatic rings. The Balaban J connectivity index is 2.04. The lowest BCUT2D eigenvalue weighted by atomic mass is 9.84. The minimum atomic E-state index is 0.547. The third-order valence-corrected chi connectivity index (χ3v) is 5.40. The average Bonchev–Trinajstić information content (AvgIpc) is 3.23. The van der Waals surface area contributed by atoms with Crippen LogP contribution < -0.4 is 5.73 Å². The normalized spacial score (nSPS) is 27.6. The first-order chi connectivity index (χ1) is 10.1. The summed E-state index contributed by atoms with van der Waals surface area (Å²) in [5.41, 5.74) is 12.1. The Kier molecular flexibility index (Phi) is 4.37. The molecule has 1 aliphatic carbocycles. The molecule has 1 aliphatic heterocycles. The molecule has 21 heavy (non-hydrogen) atoms. The number of aryl methyl sites for hydroxylation is 3. The van der Waals surface area contributed by atoms with E-state index in [9.17, 15) is 0 Å². The van der Waals surface area contributed by atoms with Crippen LogP contribution in [0.2, 0.25) is 0 Å². The molecular formula is C19H30N2. The van der Waals surface area contributed by atoms with Gasteiger partial charge >= 0.3 is 0 Å². The third kappa shape index (κ3) is 3.02. The van der Waals surface area contributed by atoms with Crippen molar-refractivity contribution in [2.45, 2.75) is 65.0 Å². The second-order valence-corrected chi connectivity index (χ2v) is 7.22. The summed E-state index contributed by atoms with van der Waals surface area (Å²) < 4.78 is 0. The molecule has 2 heteroatoms. The third-order valence-electron chi connectivity index (χ3n) is 5.40. The van der Waals surface area contributed by atoms with Gasteiger partial charge in [-0.1, -0.05) is 24.1 Å². The molecule has 0 bridgehead atoms. The molecule has 1 heterocycles. The number of rotatable bonds is 3. The summed E-state index contributed by atoms with van der Waals surface area (Å²) in [4.78, 5) is 2.80.